The molecule has 0 N–H and O–H groups in total. The lowest BCUT2D eigenvalue weighted by atomic mass is 10.0. The summed E-state index contributed by atoms with van der Waals surface area (Å²) in [6.07, 6.45) is 0. The van der Waals surface area contributed by atoms with E-state index in [0.717, 1.165) is 12.1 Å². The largest absolute Gasteiger partial charge is 0.380 e. The quantitative estimate of drug-likeness (QED) is 0.833. The number of rotatable bonds is 5. The molecule has 0 radical (unpaired) electrons. The second kappa shape index (κ2) is 8.61. The lowest BCUT2D eigenvalue weighted by Crippen LogP contribution is -2.53. The van der Waals surface area contributed by atoms with Crippen LogP contribution in [0.3, 0.4) is 0 Å². The molecule has 3 rings (SSSR count). The van der Waals surface area contributed by atoms with Gasteiger partial charge in [-0.2, -0.15) is 5.26 Å². The van der Waals surface area contributed by atoms with Gasteiger partial charge in [0.25, 0.3) is 5.91 Å². The number of carbonyl (C=O) groups is 1. The van der Waals surface area contributed by atoms with Gasteiger partial charge in [-0.25, -0.2) is 0 Å². The third-order valence-corrected chi connectivity index (χ3v) is 4.70. The van der Waals surface area contributed by atoms with Crippen LogP contribution in [0.25, 0.3) is 0 Å². The zero-order chi connectivity index (χ0) is 18.4. The highest BCUT2D eigenvalue weighted by Crippen LogP contribution is 2.18. The molecule has 0 bridgehead atoms. The predicted octanol–water partition coefficient (Wildman–Crippen LogP) is 2.68. The first-order chi connectivity index (χ1) is 12.7. The van der Waals surface area contributed by atoms with Crippen molar-refractivity contribution in [3.63, 3.8) is 0 Å². The van der Waals surface area contributed by atoms with E-state index in [-0.39, 0.29) is 11.9 Å². The molecule has 0 spiro atoms. The van der Waals surface area contributed by atoms with Crippen molar-refractivity contribution in [3.8, 4) is 6.07 Å². The molecule has 0 aromatic heterocycles. The third-order valence-electron chi connectivity index (χ3n) is 4.70. The van der Waals surface area contributed by atoms with Gasteiger partial charge in [0.1, 0.15) is 6.04 Å². The van der Waals surface area contributed by atoms with Crippen LogP contribution in [0.1, 0.15) is 21.5 Å². The van der Waals surface area contributed by atoms with Gasteiger partial charge in [-0.15, -0.1) is 0 Å². The van der Waals surface area contributed by atoms with Gasteiger partial charge in [0.2, 0.25) is 0 Å². The Morgan fingerprint density at radius 2 is 1.88 bits per heavy atom. The zero-order valence-corrected chi connectivity index (χ0v) is 15.0. The molecule has 0 saturated carbocycles. The minimum atomic E-state index is -0.303. The standard InChI is InChI=1S/C21H23N3O2/c1-26-16-18-9-5-6-10-20(18)21(25)24-12-11-23(19(13-22)15-24)14-17-7-3-2-4-8-17/h2-10,19H,11-12,14-16H2,1H3/t19-/m0/s1. The minimum absolute atomic E-state index is 0.0303. The molecule has 1 aliphatic rings. The predicted molar refractivity (Wildman–Crippen MR) is 99.3 cm³/mol. The number of nitriles is 1. The number of hydrogen-bond acceptors (Lipinski definition) is 4. The number of amides is 1. The van der Waals surface area contributed by atoms with Crippen molar-refractivity contribution in [1.29, 1.82) is 5.26 Å². The van der Waals surface area contributed by atoms with Crippen molar-refractivity contribution >= 4 is 5.91 Å². The van der Waals surface area contributed by atoms with E-state index in [9.17, 15) is 10.1 Å². The van der Waals surface area contributed by atoms with Gasteiger partial charge in [0.05, 0.1) is 12.7 Å². The van der Waals surface area contributed by atoms with E-state index >= 15 is 0 Å². The molecule has 1 amide bonds. The molecule has 0 unspecified atom stereocenters. The molecule has 2 aromatic rings. The van der Waals surface area contributed by atoms with Crippen LogP contribution in [-0.4, -0.2) is 48.5 Å². The van der Waals surface area contributed by atoms with Gasteiger partial charge >= 0.3 is 0 Å². The molecule has 1 heterocycles. The summed E-state index contributed by atoms with van der Waals surface area (Å²) in [4.78, 5) is 16.9. The first kappa shape index (κ1) is 18.1. The van der Waals surface area contributed by atoms with Crippen LogP contribution in [0, 0.1) is 11.3 Å². The molecule has 1 fully saturated rings. The normalized spacial score (nSPS) is 17.7. The molecule has 5 nitrogen and oxygen atoms in total. The van der Waals surface area contributed by atoms with Gasteiger partial charge in [-0.05, 0) is 17.2 Å². The summed E-state index contributed by atoms with van der Waals surface area (Å²) >= 11 is 0. The fourth-order valence-electron chi connectivity index (χ4n) is 3.32. The monoisotopic (exact) mass is 349 g/mol. The van der Waals surface area contributed by atoms with E-state index in [1.807, 2.05) is 42.5 Å². The minimum Gasteiger partial charge on any atom is -0.380 e. The van der Waals surface area contributed by atoms with E-state index in [1.54, 1.807) is 12.0 Å². The molecule has 0 aliphatic carbocycles. The number of piperazine rings is 1. The Morgan fingerprint density at radius 1 is 1.15 bits per heavy atom. The maximum absolute atomic E-state index is 13.0. The van der Waals surface area contributed by atoms with Gasteiger partial charge in [0.15, 0.2) is 0 Å². The molecular formula is C21H23N3O2. The Balaban J connectivity index is 1.71. The zero-order valence-electron chi connectivity index (χ0n) is 15.0. The van der Waals surface area contributed by atoms with Crippen LogP contribution in [0.5, 0.6) is 0 Å². The highest BCUT2D eigenvalue weighted by molar-refractivity contribution is 5.95. The second-order valence-corrected chi connectivity index (χ2v) is 6.44. The Hall–Kier alpha value is -2.68. The summed E-state index contributed by atoms with van der Waals surface area (Å²) in [6, 6.07) is 19.7. The number of ether oxygens (including phenoxy) is 1. The lowest BCUT2D eigenvalue weighted by molar-refractivity contribution is 0.0548. The first-order valence-corrected chi connectivity index (χ1v) is 8.76. The highest BCUT2D eigenvalue weighted by atomic mass is 16.5. The van der Waals surface area contributed by atoms with Gasteiger partial charge in [0, 0.05) is 38.9 Å². The SMILES string of the molecule is COCc1ccccc1C(=O)N1CCN(Cc2ccccc2)[C@@H](C#N)C1. The fraction of sp³-hybridized carbons (Fsp3) is 0.333. The van der Waals surface area contributed by atoms with Gasteiger partial charge in [-0.1, -0.05) is 48.5 Å². The fourth-order valence-corrected chi connectivity index (χ4v) is 3.32. The van der Waals surface area contributed by atoms with Gasteiger partial charge in [-0.3, -0.25) is 9.69 Å². The number of carbonyl (C=O) groups excluding carboxylic acids is 1. The van der Waals surface area contributed by atoms with Crippen LogP contribution in [0.15, 0.2) is 54.6 Å². The average molecular weight is 349 g/mol. The summed E-state index contributed by atoms with van der Waals surface area (Å²) in [5, 5.41) is 9.60. The van der Waals surface area contributed by atoms with E-state index in [1.165, 1.54) is 5.56 Å². The summed E-state index contributed by atoms with van der Waals surface area (Å²) < 4.78 is 5.20. The maximum atomic E-state index is 13.0. The van der Waals surface area contributed by atoms with E-state index in [0.29, 0.717) is 31.8 Å². The van der Waals surface area contributed by atoms with Crippen molar-refractivity contribution in [1.82, 2.24) is 9.80 Å². The summed E-state index contributed by atoms with van der Waals surface area (Å²) in [7, 11) is 1.62. The maximum Gasteiger partial charge on any atom is 0.254 e. The van der Waals surface area contributed by atoms with Crippen molar-refractivity contribution in [2.45, 2.75) is 19.2 Å². The molecule has 1 aliphatic heterocycles. The Kier molecular flexibility index (Phi) is 6.00. The first-order valence-electron chi connectivity index (χ1n) is 8.76. The second-order valence-electron chi connectivity index (χ2n) is 6.44. The molecule has 26 heavy (non-hydrogen) atoms. The number of nitrogens with zero attached hydrogens (tertiary/aromatic N) is 3. The Morgan fingerprint density at radius 3 is 2.62 bits per heavy atom. The van der Waals surface area contributed by atoms with Crippen LogP contribution < -0.4 is 0 Å². The van der Waals surface area contributed by atoms with Crippen LogP contribution in [0.4, 0.5) is 0 Å². The average Bonchev–Trinajstić information content (AvgIpc) is 2.69. The molecular weight excluding hydrogens is 326 g/mol. The van der Waals surface area contributed by atoms with Crippen LogP contribution in [0.2, 0.25) is 0 Å². The summed E-state index contributed by atoms with van der Waals surface area (Å²) in [5.41, 5.74) is 2.71. The molecule has 5 heteroatoms. The van der Waals surface area contributed by atoms with E-state index in [2.05, 4.69) is 23.1 Å². The summed E-state index contributed by atoms with van der Waals surface area (Å²) in [6.45, 7) is 2.85. The summed E-state index contributed by atoms with van der Waals surface area (Å²) in [5.74, 6) is -0.0303. The van der Waals surface area contributed by atoms with Gasteiger partial charge < -0.3 is 9.64 Å². The van der Waals surface area contributed by atoms with Crippen molar-refractivity contribution < 1.29 is 9.53 Å². The van der Waals surface area contributed by atoms with Crippen molar-refractivity contribution in [3.05, 3.63) is 71.3 Å². The van der Waals surface area contributed by atoms with E-state index < -0.39 is 0 Å². The number of methoxy groups -OCH3 is 1. The molecule has 1 atom stereocenters. The van der Waals surface area contributed by atoms with Crippen molar-refractivity contribution in [2.75, 3.05) is 26.7 Å². The Bertz CT molecular complexity index is 785. The molecule has 2 aromatic carbocycles. The van der Waals surface area contributed by atoms with Crippen LogP contribution >= 0.6 is 0 Å². The number of hydrogen-bond donors (Lipinski definition) is 0. The van der Waals surface area contributed by atoms with Crippen molar-refractivity contribution in [2.24, 2.45) is 0 Å². The number of benzene rings is 2. The smallest absolute Gasteiger partial charge is 0.254 e. The van der Waals surface area contributed by atoms with E-state index in [4.69, 9.17) is 4.74 Å². The molecule has 134 valence electrons. The highest BCUT2D eigenvalue weighted by Gasteiger charge is 2.30. The lowest BCUT2D eigenvalue weighted by Gasteiger charge is -2.38. The van der Waals surface area contributed by atoms with Crippen LogP contribution in [-0.2, 0) is 17.9 Å². The molecule has 1 saturated heterocycles. The topological polar surface area (TPSA) is 56.6 Å². The third kappa shape index (κ3) is 4.10. The Labute approximate surface area is 154 Å².